The molecule has 21 heavy (non-hydrogen) atoms. The van der Waals surface area contributed by atoms with Crippen LogP contribution in [0, 0.1) is 10.1 Å². The van der Waals surface area contributed by atoms with Crippen LogP contribution in [-0.2, 0) is 14.3 Å². The van der Waals surface area contributed by atoms with Crippen LogP contribution in [0.3, 0.4) is 0 Å². The van der Waals surface area contributed by atoms with Gasteiger partial charge in [0.25, 0.3) is 0 Å². The van der Waals surface area contributed by atoms with Crippen molar-refractivity contribution in [3.63, 3.8) is 0 Å². The molecule has 0 aliphatic carbocycles. The van der Waals surface area contributed by atoms with E-state index in [0.717, 1.165) is 6.07 Å². The summed E-state index contributed by atoms with van der Waals surface area (Å²) in [5.74, 6) is -1.46. The van der Waals surface area contributed by atoms with Crippen LogP contribution in [0.5, 0.6) is 5.75 Å². The minimum atomic E-state index is -0.960. The maximum atomic E-state index is 11.5. The first-order valence-corrected chi connectivity index (χ1v) is 6.05. The summed E-state index contributed by atoms with van der Waals surface area (Å²) >= 11 is 0. The Morgan fingerprint density at radius 1 is 1.29 bits per heavy atom. The lowest BCUT2D eigenvalue weighted by molar-refractivity contribution is -0.386. The summed E-state index contributed by atoms with van der Waals surface area (Å²) in [5.41, 5.74) is -0.414. The van der Waals surface area contributed by atoms with Gasteiger partial charge in [0.15, 0.2) is 11.9 Å². The van der Waals surface area contributed by atoms with E-state index in [1.165, 1.54) is 26.4 Å². The van der Waals surface area contributed by atoms with E-state index < -0.39 is 28.7 Å². The standard InChI is InChI=1S/C13H15NO7/c1-4-10(13(16)20-3)21-11-6-5-8(12(15)19-2)7-9(11)14(17)18/h5-7,10H,4H2,1-3H3. The van der Waals surface area contributed by atoms with Gasteiger partial charge in [-0.05, 0) is 18.6 Å². The Hall–Kier alpha value is -2.64. The monoisotopic (exact) mass is 297 g/mol. The summed E-state index contributed by atoms with van der Waals surface area (Å²) in [6.07, 6.45) is -0.680. The van der Waals surface area contributed by atoms with Gasteiger partial charge in [0, 0.05) is 6.07 Å². The molecular weight excluding hydrogens is 282 g/mol. The zero-order chi connectivity index (χ0) is 16.0. The van der Waals surface area contributed by atoms with E-state index in [0.29, 0.717) is 0 Å². The van der Waals surface area contributed by atoms with Crippen molar-refractivity contribution >= 4 is 17.6 Å². The highest BCUT2D eigenvalue weighted by Gasteiger charge is 2.25. The molecule has 1 unspecified atom stereocenters. The van der Waals surface area contributed by atoms with Crippen molar-refractivity contribution in [1.29, 1.82) is 0 Å². The summed E-state index contributed by atoms with van der Waals surface area (Å²) in [7, 11) is 2.37. The van der Waals surface area contributed by atoms with E-state index in [1.807, 2.05) is 0 Å². The van der Waals surface area contributed by atoms with Gasteiger partial charge >= 0.3 is 17.6 Å². The van der Waals surface area contributed by atoms with Crippen molar-refractivity contribution in [2.24, 2.45) is 0 Å². The number of methoxy groups -OCH3 is 2. The van der Waals surface area contributed by atoms with Crippen LogP contribution >= 0.6 is 0 Å². The minimum absolute atomic E-state index is 0.0164. The Balaban J connectivity index is 3.15. The molecule has 0 heterocycles. The lowest BCUT2D eigenvalue weighted by Gasteiger charge is -2.15. The fourth-order valence-corrected chi connectivity index (χ4v) is 1.59. The lowest BCUT2D eigenvalue weighted by Crippen LogP contribution is -2.28. The Kier molecular flexibility index (Phi) is 5.65. The van der Waals surface area contributed by atoms with Crippen LogP contribution in [0.4, 0.5) is 5.69 Å². The fourth-order valence-electron chi connectivity index (χ4n) is 1.59. The molecule has 1 aromatic carbocycles. The Morgan fingerprint density at radius 2 is 1.95 bits per heavy atom. The van der Waals surface area contributed by atoms with Gasteiger partial charge in [0.2, 0.25) is 0 Å². The third kappa shape index (κ3) is 3.91. The number of rotatable bonds is 6. The van der Waals surface area contributed by atoms with Gasteiger partial charge in [-0.2, -0.15) is 0 Å². The van der Waals surface area contributed by atoms with Gasteiger partial charge in [-0.3, -0.25) is 10.1 Å². The molecule has 0 radical (unpaired) electrons. The van der Waals surface area contributed by atoms with Crippen LogP contribution in [0.1, 0.15) is 23.7 Å². The summed E-state index contributed by atoms with van der Waals surface area (Å²) in [4.78, 5) is 33.2. The highest BCUT2D eigenvalue weighted by atomic mass is 16.6. The number of carbonyl (C=O) groups excluding carboxylic acids is 2. The van der Waals surface area contributed by atoms with E-state index in [1.54, 1.807) is 6.92 Å². The molecular formula is C13H15NO7. The molecule has 1 rings (SSSR count). The lowest BCUT2D eigenvalue weighted by atomic mass is 10.2. The summed E-state index contributed by atoms with van der Waals surface area (Å²) in [5, 5.41) is 11.1. The molecule has 0 spiro atoms. The van der Waals surface area contributed by atoms with Crippen LogP contribution in [0.25, 0.3) is 0 Å². The average molecular weight is 297 g/mol. The van der Waals surface area contributed by atoms with Crippen molar-refractivity contribution in [3.05, 3.63) is 33.9 Å². The first-order valence-electron chi connectivity index (χ1n) is 6.05. The zero-order valence-electron chi connectivity index (χ0n) is 11.8. The molecule has 0 aromatic heterocycles. The predicted molar refractivity (Wildman–Crippen MR) is 71.2 cm³/mol. The second-order valence-corrected chi connectivity index (χ2v) is 3.97. The largest absolute Gasteiger partial charge is 0.472 e. The van der Waals surface area contributed by atoms with E-state index >= 15 is 0 Å². The molecule has 0 amide bonds. The second kappa shape index (κ2) is 7.22. The van der Waals surface area contributed by atoms with Crippen molar-refractivity contribution in [3.8, 4) is 5.75 Å². The molecule has 0 saturated heterocycles. The van der Waals surface area contributed by atoms with Gasteiger partial charge in [0.05, 0.1) is 24.7 Å². The summed E-state index contributed by atoms with van der Waals surface area (Å²) in [6, 6.07) is 3.60. The molecule has 1 aromatic rings. The first-order chi connectivity index (χ1) is 9.94. The zero-order valence-corrected chi connectivity index (χ0v) is 11.8. The molecule has 0 aliphatic heterocycles. The quantitative estimate of drug-likeness (QED) is 0.447. The highest BCUT2D eigenvalue weighted by molar-refractivity contribution is 5.90. The van der Waals surface area contributed by atoms with Crippen molar-refractivity contribution in [2.75, 3.05) is 14.2 Å². The highest BCUT2D eigenvalue weighted by Crippen LogP contribution is 2.29. The number of ether oxygens (including phenoxy) is 3. The first kappa shape index (κ1) is 16.4. The number of carbonyl (C=O) groups is 2. The van der Waals surface area contributed by atoms with Crippen molar-refractivity contribution in [2.45, 2.75) is 19.4 Å². The maximum Gasteiger partial charge on any atom is 0.347 e. The van der Waals surface area contributed by atoms with Gasteiger partial charge in [-0.25, -0.2) is 9.59 Å². The Morgan fingerprint density at radius 3 is 2.43 bits per heavy atom. The molecule has 1 atom stereocenters. The smallest absolute Gasteiger partial charge is 0.347 e. The van der Waals surface area contributed by atoms with Crippen molar-refractivity contribution in [1.82, 2.24) is 0 Å². The molecule has 0 aliphatic rings. The summed E-state index contributed by atoms with van der Waals surface area (Å²) < 4.78 is 14.3. The normalized spacial score (nSPS) is 11.4. The SMILES string of the molecule is CCC(Oc1ccc(C(=O)OC)cc1[N+](=O)[O-])C(=O)OC. The molecule has 0 bridgehead atoms. The number of nitro groups is 1. The molecule has 8 heteroatoms. The number of nitrogens with zero attached hydrogens (tertiary/aromatic N) is 1. The van der Waals surface area contributed by atoms with Crippen LogP contribution in [0.2, 0.25) is 0 Å². The van der Waals surface area contributed by atoms with Crippen LogP contribution in [-0.4, -0.2) is 37.2 Å². The van der Waals surface area contributed by atoms with Crippen LogP contribution < -0.4 is 4.74 Å². The van der Waals surface area contributed by atoms with E-state index in [4.69, 9.17) is 4.74 Å². The Labute approximate surface area is 120 Å². The van der Waals surface area contributed by atoms with E-state index in [9.17, 15) is 19.7 Å². The van der Waals surface area contributed by atoms with Crippen LogP contribution in [0.15, 0.2) is 18.2 Å². The molecule has 8 nitrogen and oxygen atoms in total. The maximum absolute atomic E-state index is 11.5. The Bertz CT molecular complexity index is 555. The van der Waals surface area contributed by atoms with Gasteiger partial charge in [-0.1, -0.05) is 6.92 Å². The predicted octanol–water partition coefficient (Wildman–Crippen LogP) is 1.71. The third-order valence-electron chi connectivity index (χ3n) is 2.68. The average Bonchev–Trinajstić information content (AvgIpc) is 2.50. The molecule has 0 fully saturated rings. The van der Waals surface area contributed by atoms with Gasteiger partial charge in [0.1, 0.15) is 0 Å². The van der Waals surface area contributed by atoms with Gasteiger partial charge < -0.3 is 14.2 Å². The number of hydrogen-bond acceptors (Lipinski definition) is 7. The molecule has 114 valence electrons. The third-order valence-corrected chi connectivity index (χ3v) is 2.68. The number of nitro benzene ring substituents is 1. The topological polar surface area (TPSA) is 105 Å². The number of benzene rings is 1. The second-order valence-electron chi connectivity index (χ2n) is 3.97. The van der Waals surface area contributed by atoms with Crippen molar-refractivity contribution < 1.29 is 28.7 Å². The van der Waals surface area contributed by atoms with Gasteiger partial charge in [-0.15, -0.1) is 0 Å². The molecule has 0 N–H and O–H groups in total. The summed E-state index contributed by atoms with van der Waals surface area (Å²) in [6.45, 7) is 1.68. The number of hydrogen-bond donors (Lipinski definition) is 0. The fraction of sp³-hybridized carbons (Fsp3) is 0.385. The minimum Gasteiger partial charge on any atom is -0.472 e. The van der Waals surface area contributed by atoms with E-state index in [2.05, 4.69) is 9.47 Å². The van der Waals surface area contributed by atoms with E-state index in [-0.39, 0.29) is 17.7 Å². The number of esters is 2. The molecule has 0 saturated carbocycles.